The molecule has 16 heavy (non-hydrogen) atoms. The largest absolute Gasteiger partial charge is 0.382 e. The van der Waals surface area contributed by atoms with Crippen molar-refractivity contribution in [2.45, 2.75) is 33.1 Å². The highest BCUT2D eigenvalue weighted by Gasteiger charge is 2.16. The number of anilines is 1. The molecule has 86 valence electrons. The minimum atomic E-state index is 0.390. The minimum absolute atomic E-state index is 0.390. The number of nitrogen functional groups attached to an aromatic ring is 1. The highest BCUT2D eigenvalue weighted by atomic mass is 32.1. The van der Waals surface area contributed by atoms with Gasteiger partial charge in [-0.15, -0.1) is 11.3 Å². The summed E-state index contributed by atoms with van der Waals surface area (Å²) in [5.41, 5.74) is 8.09. The summed E-state index contributed by atoms with van der Waals surface area (Å²) in [6, 6.07) is 4.31. The number of nitrogens with two attached hydrogens (primary N) is 1. The molecule has 0 spiro atoms. The van der Waals surface area contributed by atoms with Gasteiger partial charge < -0.3 is 5.73 Å². The van der Waals surface area contributed by atoms with Crippen molar-refractivity contribution in [1.82, 2.24) is 10.2 Å². The van der Waals surface area contributed by atoms with Crippen LogP contribution >= 0.6 is 11.3 Å². The zero-order valence-electron chi connectivity index (χ0n) is 9.87. The Balaban J connectivity index is 2.47. The van der Waals surface area contributed by atoms with E-state index in [0.717, 1.165) is 17.7 Å². The molecule has 0 aromatic carbocycles. The van der Waals surface area contributed by atoms with Crippen LogP contribution in [-0.2, 0) is 6.42 Å². The first-order valence-electron chi connectivity index (χ1n) is 5.56. The maximum atomic E-state index is 5.88. The molecule has 0 radical (unpaired) electrons. The van der Waals surface area contributed by atoms with Crippen molar-refractivity contribution >= 4 is 17.2 Å². The molecule has 2 heterocycles. The Hall–Kier alpha value is -1.29. The fourth-order valence-corrected chi connectivity index (χ4v) is 2.80. The number of H-pyrrole nitrogens is 1. The number of aryl methyl sites for hydroxylation is 1. The Bertz CT molecular complexity index is 482. The third-order valence-electron chi connectivity index (χ3n) is 2.67. The van der Waals surface area contributed by atoms with E-state index in [1.807, 2.05) is 0 Å². The smallest absolute Gasteiger partial charge is 0.149 e. The predicted octanol–water partition coefficient (Wildman–Crippen LogP) is 3.41. The molecular formula is C12H17N3S. The lowest BCUT2D eigenvalue weighted by Gasteiger charge is -2.05. The van der Waals surface area contributed by atoms with Crippen LogP contribution in [0.15, 0.2) is 12.1 Å². The Morgan fingerprint density at radius 2 is 2.19 bits per heavy atom. The van der Waals surface area contributed by atoms with Crippen molar-refractivity contribution < 1.29 is 0 Å². The van der Waals surface area contributed by atoms with Gasteiger partial charge >= 0.3 is 0 Å². The molecule has 3 nitrogen and oxygen atoms in total. The highest BCUT2D eigenvalue weighted by molar-refractivity contribution is 7.15. The molecular weight excluding hydrogens is 218 g/mol. The molecule has 2 aromatic heterocycles. The summed E-state index contributed by atoms with van der Waals surface area (Å²) in [4.78, 5) is 2.61. The first-order valence-corrected chi connectivity index (χ1v) is 6.38. The minimum Gasteiger partial charge on any atom is -0.382 e. The number of aromatic amines is 1. The lowest BCUT2D eigenvalue weighted by atomic mass is 10.0. The monoisotopic (exact) mass is 235 g/mol. The summed E-state index contributed by atoms with van der Waals surface area (Å²) >= 11 is 1.80. The summed E-state index contributed by atoms with van der Waals surface area (Å²) < 4.78 is 0. The van der Waals surface area contributed by atoms with Crippen molar-refractivity contribution in [3.05, 3.63) is 22.6 Å². The molecule has 0 amide bonds. The van der Waals surface area contributed by atoms with Crippen LogP contribution in [0.1, 0.15) is 37.1 Å². The summed E-state index contributed by atoms with van der Waals surface area (Å²) in [6.45, 7) is 6.44. The molecule has 0 aliphatic carbocycles. The molecule has 0 aliphatic rings. The third kappa shape index (κ3) is 1.85. The van der Waals surface area contributed by atoms with Crippen LogP contribution in [0.3, 0.4) is 0 Å². The van der Waals surface area contributed by atoms with Gasteiger partial charge in [-0.25, -0.2) is 0 Å². The van der Waals surface area contributed by atoms with Crippen molar-refractivity contribution in [2.75, 3.05) is 5.73 Å². The molecule has 0 unspecified atom stereocenters. The van der Waals surface area contributed by atoms with Gasteiger partial charge in [-0.2, -0.15) is 5.10 Å². The Morgan fingerprint density at radius 3 is 2.75 bits per heavy atom. The molecule has 0 saturated heterocycles. The summed E-state index contributed by atoms with van der Waals surface area (Å²) in [6.07, 6.45) is 1.07. The van der Waals surface area contributed by atoms with E-state index in [9.17, 15) is 0 Å². The van der Waals surface area contributed by atoms with Gasteiger partial charge in [-0.3, -0.25) is 5.10 Å². The van der Waals surface area contributed by atoms with E-state index in [0.29, 0.717) is 11.7 Å². The second-order valence-corrected chi connectivity index (χ2v) is 5.34. The molecule has 2 aromatic rings. The van der Waals surface area contributed by atoms with Gasteiger partial charge in [0, 0.05) is 10.4 Å². The molecule has 3 N–H and O–H groups in total. The van der Waals surface area contributed by atoms with Crippen LogP contribution in [0.4, 0.5) is 5.82 Å². The zero-order valence-corrected chi connectivity index (χ0v) is 10.7. The van der Waals surface area contributed by atoms with Crippen LogP contribution in [0.2, 0.25) is 0 Å². The van der Waals surface area contributed by atoms with Gasteiger partial charge in [0.15, 0.2) is 0 Å². The maximum Gasteiger partial charge on any atom is 0.149 e. The normalized spacial score (nSPS) is 11.2. The average molecular weight is 235 g/mol. The highest BCUT2D eigenvalue weighted by Crippen LogP contribution is 2.35. The SMILES string of the molecule is CCc1ccc(-c2[nH]nc(N)c2C(C)C)s1. The average Bonchev–Trinajstić information content (AvgIpc) is 2.82. The number of hydrogen-bond donors (Lipinski definition) is 2. The fourth-order valence-electron chi connectivity index (χ4n) is 1.84. The second kappa shape index (κ2) is 4.29. The Kier molecular flexibility index (Phi) is 3.01. The summed E-state index contributed by atoms with van der Waals surface area (Å²) in [5, 5.41) is 7.15. The van der Waals surface area contributed by atoms with E-state index in [4.69, 9.17) is 5.73 Å². The molecule has 0 atom stereocenters. The van der Waals surface area contributed by atoms with E-state index in [1.165, 1.54) is 9.75 Å². The van der Waals surface area contributed by atoms with Crippen LogP contribution in [0.25, 0.3) is 10.6 Å². The first-order chi connectivity index (χ1) is 7.63. The molecule has 0 saturated carbocycles. The number of rotatable bonds is 3. The lowest BCUT2D eigenvalue weighted by molar-refractivity contribution is 0.873. The molecule has 0 aliphatic heterocycles. The third-order valence-corrected chi connectivity index (χ3v) is 3.91. The number of nitrogens with one attached hydrogen (secondary N) is 1. The van der Waals surface area contributed by atoms with Gasteiger partial charge in [-0.1, -0.05) is 20.8 Å². The zero-order chi connectivity index (χ0) is 11.7. The predicted molar refractivity (Wildman–Crippen MR) is 69.8 cm³/mol. The second-order valence-electron chi connectivity index (χ2n) is 4.17. The van der Waals surface area contributed by atoms with E-state index < -0.39 is 0 Å². The van der Waals surface area contributed by atoms with Crippen molar-refractivity contribution in [3.8, 4) is 10.6 Å². The molecule has 4 heteroatoms. The van der Waals surface area contributed by atoms with Crippen LogP contribution in [-0.4, -0.2) is 10.2 Å². The molecule has 0 fully saturated rings. The van der Waals surface area contributed by atoms with E-state index in [-0.39, 0.29) is 0 Å². The maximum absolute atomic E-state index is 5.88. The Morgan fingerprint density at radius 1 is 1.44 bits per heavy atom. The van der Waals surface area contributed by atoms with Crippen LogP contribution < -0.4 is 5.73 Å². The number of aromatic nitrogens is 2. The van der Waals surface area contributed by atoms with Gasteiger partial charge in [0.05, 0.1) is 10.6 Å². The van der Waals surface area contributed by atoms with E-state index in [2.05, 4.69) is 43.1 Å². The first kappa shape index (κ1) is 11.2. The lowest BCUT2D eigenvalue weighted by Crippen LogP contribution is -1.94. The van der Waals surface area contributed by atoms with Gasteiger partial charge in [0.1, 0.15) is 5.82 Å². The molecule has 2 rings (SSSR count). The quantitative estimate of drug-likeness (QED) is 0.856. The van der Waals surface area contributed by atoms with E-state index >= 15 is 0 Å². The Labute approximate surface area is 99.7 Å². The van der Waals surface area contributed by atoms with Gasteiger partial charge in [0.2, 0.25) is 0 Å². The standard InChI is InChI=1S/C12H17N3S/c1-4-8-5-6-9(16-8)11-10(7(2)3)12(13)15-14-11/h5-7H,4H2,1-3H3,(H3,13,14,15). The summed E-state index contributed by atoms with van der Waals surface area (Å²) in [7, 11) is 0. The van der Waals surface area contributed by atoms with Crippen molar-refractivity contribution in [1.29, 1.82) is 0 Å². The molecule has 0 bridgehead atoms. The number of hydrogen-bond acceptors (Lipinski definition) is 3. The van der Waals surface area contributed by atoms with E-state index in [1.54, 1.807) is 11.3 Å². The fraction of sp³-hybridized carbons (Fsp3) is 0.417. The summed E-state index contributed by atoms with van der Waals surface area (Å²) in [5.74, 6) is 1.01. The topological polar surface area (TPSA) is 54.7 Å². The van der Waals surface area contributed by atoms with Gasteiger partial charge in [-0.05, 0) is 24.5 Å². The van der Waals surface area contributed by atoms with Crippen molar-refractivity contribution in [3.63, 3.8) is 0 Å². The van der Waals surface area contributed by atoms with Gasteiger partial charge in [0.25, 0.3) is 0 Å². The van der Waals surface area contributed by atoms with Crippen LogP contribution in [0.5, 0.6) is 0 Å². The number of thiophene rings is 1. The number of nitrogens with zero attached hydrogens (tertiary/aromatic N) is 1. The van der Waals surface area contributed by atoms with Crippen molar-refractivity contribution in [2.24, 2.45) is 0 Å². The van der Waals surface area contributed by atoms with Crippen LogP contribution in [0, 0.1) is 0 Å².